The van der Waals surface area contributed by atoms with Gasteiger partial charge >= 0.3 is 5.97 Å². The highest BCUT2D eigenvalue weighted by molar-refractivity contribution is 5.90. The van der Waals surface area contributed by atoms with Crippen molar-refractivity contribution in [2.75, 3.05) is 0 Å². The van der Waals surface area contributed by atoms with Crippen molar-refractivity contribution in [3.05, 3.63) is 35.4 Å². The lowest BCUT2D eigenvalue weighted by molar-refractivity contribution is 0.0697. The van der Waals surface area contributed by atoms with E-state index in [4.69, 9.17) is 5.11 Å². The summed E-state index contributed by atoms with van der Waals surface area (Å²) < 4.78 is 0. The second-order valence-corrected chi connectivity index (χ2v) is 3.78. The summed E-state index contributed by atoms with van der Waals surface area (Å²) in [6.45, 7) is 6.50. The first kappa shape index (κ1) is 13.4. The van der Waals surface area contributed by atoms with Gasteiger partial charge in [0.05, 0.1) is 5.56 Å². The fourth-order valence-corrected chi connectivity index (χ4v) is 0.745. The maximum Gasteiger partial charge on any atom is 0.335 e. The van der Waals surface area contributed by atoms with E-state index < -0.39 is 5.97 Å². The number of rotatable bonds is 2. The van der Waals surface area contributed by atoms with Gasteiger partial charge in [0.2, 0.25) is 0 Å². The highest BCUT2D eigenvalue weighted by Gasteiger charge is 2.01. The quantitative estimate of drug-likeness (QED) is 0.760. The van der Waals surface area contributed by atoms with E-state index in [1.165, 1.54) is 18.2 Å². The molecule has 1 N–H and O–H groups in total. The van der Waals surface area contributed by atoms with E-state index in [1.807, 2.05) is 0 Å². The highest BCUT2D eigenvalue weighted by Crippen LogP contribution is 2.02. The van der Waals surface area contributed by atoms with Crippen LogP contribution in [-0.2, 0) is 0 Å². The predicted octanol–water partition coefficient (Wildman–Crippen LogP) is 2.86. The van der Waals surface area contributed by atoms with Crippen molar-refractivity contribution in [1.82, 2.24) is 0 Å². The molecule has 0 radical (unpaired) electrons. The SMILES string of the molecule is CC(C)C.O=Cc1cccc(C(=O)O)c1. The number of carbonyl (C=O) groups excluding carboxylic acids is 1. The van der Waals surface area contributed by atoms with Crippen LogP contribution < -0.4 is 0 Å². The summed E-state index contributed by atoms with van der Waals surface area (Å²) in [5, 5.41) is 8.49. The number of hydrogen-bond acceptors (Lipinski definition) is 2. The Bertz CT molecular complexity index is 327. The minimum absolute atomic E-state index is 0.134. The Hall–Kier alpha value is -1.64. The minimum Gasteiger partial charge on any atom is -0.478 e. The molecule has 1 rings (SSSR count). The molecule has 0 bridgehead atoms. The van der Waals surface area contributed by atoms with E-state index in [-0.39, 0.29) is 5.56 Å². The van der Waals surface area contributed by atoms with Crippen LogP contribution in [0.25, 0.3) is 0 Å². The first-order valence-corrected chi connectivity index (χ1v) is 4.76. The van der Waals surface area contributed by atoms with Gasteiger partial charge in [0.25, 0.3) is 0 Å². The van der Waals surface area contributed by atoms with E-state index in [2.05, 4.69) is 20.8 Å². The standard InChI is InChI=1S/C8H6O3.C4H10/c9-5-6-2-1-3-7(4-6)8(10)11;1-4(2)3/h1-5H,(H,10,11);4H,1-3H3. The van der Waals surface area contributed by atoms with Crippen molar-refractivity contribution in [2.45, 2.75) is 20.8 Å². The summed E-state index contributed by atoms with van der Waals surface area (Å²) in [6.07, 6.45) is 0.617. The molecule has 0 heterocycles. The maximum atomic E-state index is 10.4. The second-order valence-electron chi connectivity index (χ2n) is 3.78. The zero-order chi connectivity index (χ0) is 11.8. The Balaban J connectivity index is 0.000000423. The number of carboxylic acid groups (broad SMARTS) is 1. The zero-order valence-electron chi connectivity index (χ0n) is 9.23. The van der Waals surface area contributed by atoms with E-state index in [1.54, 1.807) is 6.07 Å². The van der Waals surface area contributed by atoms with Gasteiger partial charge < -0.3 is 5.11 Å². The Morgan fingerprint density at radius 2 is 1.87 bits per heavy atom. The summed E-state index contributed by atoms with van der Waals surface area (Å²) in [5.74, 6) is -0.186. The second kappa shape index (κ2) is 6.76. The number of aldehydes is 1. The molecule has 3 heteroatoms. The van der Waals surface area contributed by atoms with Crippen LogP contribution in [0.4, 0.5) is 0 Å². The van der Waals surface area contributed by atoms with Crippen molar-refractivity contribution in [1.29, 1.82) is 0 Å². The number of carboxylic acids is 1. The van der Waals surface area contributed by atoms with Crippen LogP contribution in [0.5, 0.6) is 0 Å². The molecule has 1 aromatic carbocycles. The van der Waals surface area contributed by atoms with Gasteiger partial charge in [0, 0.05) is 5.56 Å². The molecule has 0 aliphatic carbocycles. The van der Waals surface area contributed by atoms with Crippen LogP contribution in [-0.4, -0.2) is 17.4 Å². The smallest absolute Gasteiger partial charge is 0.335 e. The third kappa shape index (κ3) is 6.43. The van der Waals surface area contributed by atoms with E-state index in [0.29, 0.717) is 11.8 Å². The van der Waals surface area contributed by atoms with E-state index in [9.17, 15) is 9.59 Å². The first-order chi connectivity index (χ1) is 6.97. The molecule has 0 fully saturated rings. The summed E-state index contributed by atoms with van der Waals surface area (Å²) in [4.78, 5) is 20.5. The van der Waals surface area contributed by atoms with Crippen LogP contribution >= 0.6 is 0 Å². The largest absolute Gasteiger partial charge is 0.478 e. The summed E-state index contributed by atoms with van der Waals surface area (Å²) in [7, 11) is 0. The van der Waals surface area contributed by atoms with Crippen molar-refractivity contribution < 1.29 is 14.7 Å². The number of aromatic carboxylic acids is 1. The highest BCUT2D eigenvalue weighted by atomic mass is 16.4. The van der Waals surface area contributed by atoms with Crippen LogP contribution in [0, 0.1) is 5.92 Å². The van der Waals surface area contributed by atoms with Gasteiger partial charge in [0.1, 0.15) is 6.29 Å². The monoisotopic (exact) mass is 208 g/mol. The van der Waals surface area contributed by atoms with Gasteiger partial charge in [-0.3, -0.25) is 4.79 Å². The van der Waals surface area contributed by atoms with E-state index in [0.717, 1.165) is 5.92 Å². The van der Waals surface area contributed by atoms with Crippen LogP contribution in [0.2, 0.25) is 0 Å². The molecule has 0 atom stereocenters. The van der Waals surface area contributed by atoms with Crippen molar-refractivity contribution >= 4 is 12.3 Å². The molecule has 0 saturated heterocycles. The molecule has 3 nitrogen and oxygen atoms in total. The number of hydrogen-bond donors (Lipinski definition) is 1. The molecule has 0 spiro atoms. The number of carbonyl (C=O) groups is 2. The summed E-state index contributed by atoms with van der Waals surface area (Å²) in [5.41, 5.74) is 0.513. The average Bonchev–Trinajstić information content (AvgIpc) is 2.17. The summed E-state index contributed by atoms with van der Waals surface area (Å²) >= 11 is 0. The van der Waals surface area contributed by atoms with Gasteiger partial charge in [-0.05, 0) is 18.1 Å². The first-order valence-electron chi connectivity index (χ1n) is 4.76. The maximum absolute atomic E-state index is 10.4. The fourth-order valence-electron chi connectivity index (χ4n) is 0.745. The molecule has 0 aromatic heterocycles. The third-order valence-corrected chi connectivity index (χ3v) is 1.27. The topological polar surface area (TPSA) is 54.4 Å². The fraction of sp³-hybridized carbons (Fsp3) is 0.333. The molecule has 0 saturated carbocycles. The van der Waals surface area contributed by atoms with E-state index >= 15 is 0 Å². The Labute approximate surface area is 89.7 Å². The van der Waals surface area contributed by atoms with Gasteiger partial charge in [-0.25, -0.2) is 4.79 Å². The molecule has 15 heavy (non-hydrogen) atoms. The zero-order valence-corrected chi connectivity index (χ0v) is 9.23. The van der Waals surface area contributed by atoms with Crippen molar-refractivity contribution in [2.24, 2.45) is 5.92 Å². The van der Waals surface area contributed by atoms with Gasteiger partial charge in [-0.1, -0.05) is 32.9 Å². The normalized spacial score (nSPS) is 9.07. The molecule has 0 aliphatic heterocycles. The lowest BCUT2D eigenvalue weighted by atomic mass is 10.1. The lowest BCUT2D eigenvalue weighted by Crippen LogP contribution is -1.96. The Morgan fingerprint density at radius 3 is 2.27 bits per heavy atom. The Kier molecular flexibility index (Phi) is 6.02. The molecular formula is C12H16O3. The molecular weight excluding hydrogens is 192 g/mol. The molecule has 0 unspecified atom stereocenters. The molecule has 0 aliphatic rings. The minimum atomic E-state index is -1.02. The lowest BCUT2D eigenvalue weighted by Gasteiger charge is -1.92. The molecule has 82 valence electrons. The number of benzene rings is 1. The van der Waals surface area contributed by atoms with Crippen molar-refractivity contribution in [3.63, 3.8) is 0 Å². The van der Waals surface area contributed by atoms with Crippen LogP contribution in [0.15, 0.2) is 24.3 Å². The van der Waals surface area contributed by atoms with Gasteiger partial charge in [-0.15, -0.1) is 0 Å². The Morgan fingerprint density at radius 1 is 1.33 bits per heavy atom. The van der Waals surface area contributed by atoms with Crippen molar-refractivity contribution in [3.8, 4) is 0 Å². The average molecular weight is 208 g/mol. The predicted molar refractivity (Wildman–Crippen MR) is 59.3 cm³/mol. The third-order valence-electron chi connectivity index (χ3n) is 1.27. The van der Waals surface area contributed by atoms with Gasteiger partial charge in [-0.2, -0.15) is 0 Å². The van der Waals surface area contributed by atoms with Gasteiger partial charge in [0.15, 0.2) is 0 Å². The van der Waals surface area contributed by atoms with Crippen LogP contribution in [0.3, 0.4) is 0 Å². The molecule has 0 amide bonds. The summed E-state index contributed by atoms with van der Waals surface area (Å²) in [6, 6.07) is 5.86. The van der Waals surface area contributed by atoms with Crippen LogP contribution in [0.1, 0.15) is 41.5 Å². The molecule has 1 aromatic rings.